The van der Waals surface area contributed by atoms with Crippen molar-refractivity contribution in [2.75, 3.05) is 26.3 Å². The van der Waals surface area contributed by atoms with Crippen molar-refractivity contribution < 1.29 is 41.0 Å². The zero-order chi connectivity index (χ0) is 23.5. The number of phenols is 1. The molecule has 2 aromatic rings. The molecule has 0 aromatic heterocycles. The molecule has 1 saturated heterocycles. The Bertz CT molecular complexity index is 1010. The Morgan fingerprint density at radius 2 is 1.56 bits per heavy atom. The van der Waals surface area contributed by atoms with Gasteiger partial charge >= 0.3 is 12.4 Å². The van der Waals surface area contributed by atoms with Gasteiger partial charge in [-0.15, -0.1) is 0 Å². The summed E-state index contributed by atoms with van der Waals surface area (Å²) in [6.45, 7) is 1.01. The summed E-state index contributed by atoms with van der Waals surface area (Å²) in [4.78, 5) is 12.8. The lowest BCUT2D eigenvalue weighted by Gasteiger charge is -2.25. The average molecular weight is 477 g/mol. The minimum Gasteiger partial charge on any atom is -0.507 e. The highest BCUT2D eigenvalue weighted by Gasteiger charge is 2.46. The Hall–Kier alpha value is -2.66. The van der Waals surface area contributed by atoms with Crippen LogP contribution in [0.4, 0.5) is 26.3 Å². The van der Waals surface area contributed by atoms with Crippen LogP contribution in [0.3, 0.4) is 0 Å². The van der Waals surface area contributed by atoms with Crippen molar-refractivity contribution in [1.82, 2.24) is 4.90 Å². The van der Waals surface area contributed by atoms with E-state index in [1.54, 1.807) is 0 Å². The molecule has 0 aliphatic carbocycles. The maximum atomic E-state index is 13.8. The van der Waals surface area contributed by atoms with Gasteiger partial charge in [-0.1, -0.05) is 30.0 Å². The number of amides is 1. The van der Waals surface area contributed by atoms with Gasteiger partial charge in [-0.05, 0) is 29.8 Å². The molecule has 0 spiro atoms. The van der Waals surface area contributed by atoms with Crippen LogP contribution in [0, 0.1) is 0 Å². The van der Waals surface area contributed by atoms with E-state index in [2.05, 4.69) is 0 Å². The van der Waals surface area contributed by atoms with Gasteiger partial charge in [-0.25, -0.2) is 0 Å². The van der Waals surface area contributed by atoms with E-state index < -0.39 is 39.8 Å². The van der Waals surface area contributed by atoms with Crippen molar-refractivity contribution in [2.24, 2.45) is 0 Å². The van der Waals surface area contributed by atoms with Gasteiger partial charge < -0.3 is 14.7 Å². The van der Waals surface area contributed by atoms with E-state index in [-0.39, 0.29) is 36.9 Å². The number of halogens is 6. The van der Waals surface area contributed by atoms with Crippen LogP contribution in [0.25, 0.3) is 6.08 Å². The number of aromatic hydroxyl groups is 1. The minimum atomic E-state index is -5.35. The van der Waals surface area contributed by atoms with Crippen LogP contribution >= 0.6 is 11.8 Å². The van der Waals surface area contributed by atoms with Crippen LogP contribution in [0.5, 0.6) is 5.75 Å². The van der Waals surface area contributed by atoms with Crippen molar-refractivity contribution >= 4 is 23.7 Å². The minimum absolute atomic E-state index is 0.0306. The number of benzene rings is 2. The molecule has 1 amide bonds. The maximum Gasteiger partial charge on any atom is 0.418 e. The van der Waals surface area contributed by atoms with Gasteiger partial charge in [-0.3, -0.25) is 4.79 Å². The summed E-state index contributed by atoms with van der Waals surface area (Å²) < 4.78 is 88.0. The molecule has 0 radical (unpaired) electrons. The third-order valence-electron chi connectivity index (χ3n) is 4.58. The molecule has 172 valence electrons. The number of rotatable bonds is 4. The molecule has 32 heavy (non-hydrogen) atoms. The molecule has 1 fully saturated rings. The number of phenolic OH excluding ortho intramolecular Hbond substituents is 1. The summed E-state index contributed by atoms with van der Waals surface area (Å²) in [5.74, 6) is -0.984. The molecule has 0 unspecified atom stereocenters. The number of hydrogen-bond acceptors (Lipinski definition) is 4. The van der Waals surface area contributed by atoms with E-state index in [4.69, 9.17) is 4.74 Å². The number of ether oxygens (including phenoxy) is 1. The second kappa shape index (κ2) is 9.45. The fourth-order valence-corrected chi connectivity index (χ4v) is 4.13. The summed E-state index contributed by atoms with van der Waals surface area (Å²) in [6, 6.07) is 7.16. The normalized spacial score (nSPS) is 15.4. The summed E-state index contributed by atoms with van der Waals surface area (Å²) in [5.41, 5.74) is -4.55. The molecule has 0 atom stereocenters. The fraction of sp³-hybridized carbons (Fsp3) is 0.286. The quantitative estimate of drug-likeness (QED) is 0.470. The van der Waals surface area contributed by atoms with Gasteiger partial charge in [0.05, 0.1) is 29.2 Å². The zero-order valence-corrected chi connectivity index (χ0v) is 17.2. The Labute approximate surface area is 183 Å². The highest BCUT2D eigenvalue weighted by atomic mass is 32.2. The number of carbonyl (C=O) groups excluding carboxylic acids is 1. The molecule has 1 aliphatic heterocycles. The molecule has 4 nitrogen and oxygen atoms in total. The smallest absolute Gasteiger partial charge is 0.418 e. The lowest BCUT2D eigenvalue weighted by Crippen LogP contribution is -2.39. The second-order valence-electron chi connectivity index (χ2n) is 6.74. The number of nitrogens with zero attached hydrogens (tertiary/aromatic N) is 1. The van der Waals surface area contributed by atoms with E-state index in [0.29, 0.717) is 11.8 Å². The van der Waals surface area contributed by atoms with Crippen LogP contribution in [-0.2, 0) is 21.9 Å². The Morgan fingerprint density at radius 1 is 0.938 bits per heavy atom. The fourth-order valence-electron chi connectivity index (χ4n) is 3.12. The summed E-state index contributed by atoms with van der Waals surface area (Å²) in [7, 11) is 0. The van der Waals surface area contributed by atoms with Gasteiger partial charge in [0.1, 0.15) is 5.75 Å². The van der Waals surface area contributed by atoms with E-state index in [1.165, 1.54) is 29.2 Å². The molecule has 0 saturated carbocycles. The van der Waals surface area contributed by atoms with Crippen molar-refractivity contribution in [3.05, 3.63) is 59.2 Å². The zero-order valence-electron chi connectivity index (χ0n) is 16.3. The van der Waals surface area contributed by atoms with Crippen molar-refractivity contribution in [1.29, 1.82) is 0 Å². The van der Waals surface area contributed by atoms with Crippen LogP contribution in [0.1, 0.15) is 16.7 Å². The first-order valence-electron chi connectivity index (χ1n) is 9.30. The molecular weight excluding hydrogens is 460 g/mol. The van der Waals surface area contributed by atoms with E-state index in [9.17, 15) is 36.2 Å². The third-order valence-corrected chi connectivity index (χ3v) is 5.70. The van der Waals surface area contributed by atoms with Crippen molar-refractivity contribution in [2.45, 2.75) is 22.1 Å². The maximum absolute atomic E-state index is 13.8. The highest BCUT2D eigenvalue weighted by molar-refractivity contribution is 7.99. The summed E-state index contributed by atoms with van der Waals surface area (Å²) >= 11 is 0.371. The predicted molar refractivity (Wildman–Crippen MR) is 105 cm³/mol. The molecule has 1 aliphatic rings. The van der Waals surface area contributed by atoms with Crippen LogP contribution < -0.4 is 0 Å². The standard InChI is InChI=1S/C21H17F6NO3S/c22-20(23,24)18-13(6-8-17(30)28-9-11-31-12-10-28)5-7-16(19(18)21(25,26)27)32-15-4-2-1-3-14(15)29/h1-8,29H,9-12H2. The molecular formula is C21H17F6NO3S. The molecule has 11 heteroatoms. The van der Waals surface area contributed by atoms with Gasteiger partial charge in [0.15, 0.2) is 0 Å². The van der Waals surface area contributed by atoms with Crippen molar-refractivity contribution in [3.63, 3.8) is 0 Å². The second-order valence-corrected chi connectivity index (χ2v) is 7.82. The number of hydrogen-bond donors (Lipinski definition) is 1. The lowest BCUT2D eigenvalue weighted by atomic mass is 9.99. The lowest BCUT2D eigenvalue weighted by molar-refractivity contribution is -0.163. The number of para-hydroxylation sites is 1. The first kappa shape index (κ1) is 24.0. The number of alkyl halides is 6. The average Bonchev–Trinajstić information content (AvgIpc) is 2.73. The van der Waals surface area contributed by atoms with Crippen LogP contribution in [0.15, 0.2) is 52.3 Å². The molecule has 1 N–H and O–H groups in total. The Balaban J connectivity index is 2.07. The number of carbonyl (C=O) groups is 1. The van der Waals surface area contributed by atoms with E-state index >= 15 is 0 Å². The molecule has 2 aromatic carbocycles. The SMILES string of the molecule is O=C(C=Cc1ccc(Sc2ccccc2O)c(C(F)(F)F)c1C(F)(F)F)N1CCOCC1. The third kappa shape index (κ3) is 5.57. The Kier molecular flexibility index (Phi) is 7.09. The van der Waals surface area contributed by atoms with Gasteiger partial charge in [0.25, 0.3) is 0 Å². The van der Waals surface area contributed by atoms with E-state index in [1.807, 2.05) is 0 Å². The van der Waals surface area contributed by atoms with Gasteiger partial charge in [0.2, 0.25) is 5.91 Å². The van der Waals surface area contributed by atoms with Crippen molar-refractivity contribution in [3.8, 4) is 5.75 Å². The van der Waals surface area contributed by atoms with Crippen LogP contribution in [-0.4, -0.2) is 42.2 Å². The molecule has 0 bridgehead atoms. The Morgan fingerprint density at radius 3 is 2.16 bits per heavy atom. The van der Waals surface area contributed by atoms with Gasteiger partial charge in [-0.2, -0.15) is 26.3 Å². The van der Waals surface area contributed by atoms with Gasteiger partial charge in [0, 0.05) is 24.1 Å². The summed E-state index contributed by atoms with van der Waals surface area (Å²) in [6.07, 6.45) is -9.12. The largest absolute Gasteiger partial charge is 0.507 e. The highest BCUT2D eigenvalue weighted by Crippen LogP contribution is 2.48. The first-order valence-corrected chi connectivity index (χ1v) is 10.1. The summed E-state index contributed by atoms with van der Waals surface area (Å²) in [5, 5.41) is 9.83. The first-order chi connectivity index (χ1) is 15.0. The van der Waals surface area contributed by atoms with E-state index in [0.717, 1.165) is 24.3 Å². The molecule has 3 rings (SSSR count). The van der Waals surface area contributed by atoms with Crippen LogP contribution in [0.2, 0.25) is 0 Å². The topological polar surface area (TPSA) is 49.8 Å². The monoisotopic (exact) mass is 477 g/mol. The number of morpholine rings is 1. The molecule has 1 heterocycles. The predicted octanol–water partition coefficient (Wildman–Crippen LogP) is 5.45.